The number of rotatable bonds is 8. The van der Waals surface area contributed by atoms with E-state index < -0.39 is 64.5 Å². The van der Waals surface area contributed by atoms with E-state index in [1.54, 1.807) is 0 Å². The third kappa shape index (κ3) is 4.32. The van der Waals surface area contributed by atoms with Crippen molar-refractivity contribution in [2.45, 2.75) is 35.3 Å². The number of aliphatic hydroxyl groups excluding tert-OH is 2. The van der Waals surface area contributed by atoms with Crippen LogP contribution in [-0.4, -0.2) is 85.0 Å². The molecular formula is C12H16F4N5O11P3. The maximum absolute atomic E-state index is 14.2. The Morgan fingerprint density at radius 2 is 1.63 bits per heavy atom. The van der Waals surface area contributed by atoms with Gasteiger partial charge in [-0.3, -0.25) is 18.3 Å². The Bertz CT molecular complexity index is 1270. The molecule has 0 aromatic carbocycles. The highest BCUT2D eigenvalue weighted by atomic mass is 31.3. The van der Waals surface area contributed by atoms with Gasteiger partial charge in [0.15, 0.2) is 17.7 Å². The zero-order valence-electron chi connectivity index (χ0n) is 16.6. The lowest BCUT2D eigenvalue weighted by atomic mass is 10.1. The predicted octanol–water partition coefficient (Wildman–Crippen LogP) is -0.222. The molecule has 0 spiro atoms. The van der Waals surface area contributed by atoms with Gasteiger partial charge in [0, 0.05) is 0 Å². The van der Waals surface area contributed by atoms with E-state index in [9.17, 15) is 46.4 Å². The van der Waals surface area contributed by atoms with Crippen molar-refractivity contribution in [3.8, 4) is 0 Å². The number of alkyl halides is 4. The minimum absolute atomic E-state index is 0.0180. The molecule has 3 heterocycles. The smallest absolute Gasteiger partial charge is 0.387 e. The molecule has 16 nitrogen and oxygen atoms in total. The van der Waals surface area contributed by atoms with Crippen LogP contribution in [0.25, 0.3) is 11.2 Å². The van der Waals surface area contributed by atoms with E-state index in [1.807, 2.05) is 0 Å². The summed E-state index contributed by atoms with van der Waals surface area (Å²) in [5, 5.41) is 7.76. The summed E-state index contributed by atoms with van der Waals surface area (Å²) in [6.07, 6.45) is -5.28. The van der Waals surface area contributed by atoms with E-state index in [0.717, 1.165) is 17.2 Å². The number of hydrogen-bond acceptors (Lipinski definition) is 11. The maximum Gasteiger partial charge on any atom is 0.424 e. The molecule has 2 unspecified atom stereocenters. The number of imidazole rings is 1. The zero-order chi connectivity index (χ0) is 26.8. The van der Waals surface area contributed by atoms with Gasteiger partial charge in [-0.1, -0.05) is 0 Å². The van der Waals surface area contributed by atoms with E-state index in [4.69, 9.17) is 25.2 Å². The average Bonchev–Trinajstić information content (AvgIpc) is 3.28. The van der Waals surface area contributed by atoms with Crippen LogP contribution in [0.4, 0.5) is 23.4 Å². The molecule has 3 rings (SSSR count). The van der Waals surface area contributed by atoms with Gasteiger partial charge in [-0.2, -0.15) is 17.6 Å². The van der Waals surface area contributed by atoms with Crippen LogP contribution in [0.1, 0.15) is 6.23 Å². The summed E-state index contributed by atoms with van der Waals surface area (Å²) < 4.78 is 100. The third-order valence-corrected chi connectivity index (χ3v) is 11.3. The fourth-order valence-electron chi connectivity index (χ4n) is 2.91. The predicted molar refractivity (Wildman–Crippen MR) is 103 cm³/mol. The monoisotopic (exact) mass is 575 g/mol. The summed E-state index contributed by atoms with van der Waals surface area (Å²) in [4.78, 5) is 46.9. The molecule has 198 valence electrons. The molecule has 1 aliphatic heterocycles. The second-order valence-corrected chi connectivity index (χ2v) is 13.6. The zero-order valence-corrected chi connectivity index (χ0v) is 19.3. The molecule has 0 saturated carbocycles. The van der Waals surface area contributed by atoms with E-state index in [-0.39, 0.29) is 17.0 Å². The van der Waals surface area contributed by atoms with Gasteiger partial charge in [-0.05, 0) is 0 Å². The minimum Gasteiger partial charge on any atom is -0.387 e. The standard InChI is InChI=1S/C12H16F4N5O11P3/c13-11(14,34(26,27)28)33(24,25)12(15,16)35(29,30)31-1-4-6(22)7(23)10(32-4)21-3-20-5-8(17)18-2-19-9(5)21/h2-4,6-7,10,22-23H,1H2,(H,24,25)(H,29,30)(H2,17,18,19)(H2,26,27,28)/t4-,6-,7-,10-/m1/s1. The van der Waals surface area contributed by atoms with Crippen molar-refractivity contribution < 1.29 is 70.3 Å². The Balaban J connectivity index is 1.82. The molecule has 2 aromatic rings. The number of nitrogens with two attached hydrogens (primary N) is 1. The molecular weight excluding hydrogens is 559 g/mol. The minimum atomic E-state index is -7.77. The number of anilines is 1. The van der Waals surface area contributed by atoms with Crippen molar-refractivity contribution in [1.82, 2.24) is 19.5 Å². The first-order chi connectivity index (χ1) is 15.8. The second-order valence-electron chi connectivity index (χ2n) is 7.08. The summed E-state index contributed by atoms with van der Waals surface area (Å²) in [5.74, 6) is -0.0781. The van der Waals surface area contributed by atoms with Gasteiger partial charge in [0.05, 0.1) is 12.9 Å². The Morgan fingerprint density at radius 3 is 2.20 bits per heavy atom. The summed E-state index contributed by atoms with van der Waals surface area (Å²) in [6.45, 7) is -1.54. The van der Waals surface area contributed by atoms with Gasteiger partial charge in [0.2, 0.25) is 0 Å². The highest BCUT2D eigenvalue weighted by molar-refractivity contribution is 7.82. The number of fused-ring (bicyclic) bond motifs is 1. The van der Waals surface area contributed by atoms with Crippen molar-refractivity contribution in [3.63, 3.8) is 0 Å². The van der Waals surface area contributed by atoms with Gasteiger partial charge in [-0.25, -0.2) is 15.0 Å². The van der Waals surface area contributed by atoms with Crippen molar-refractivity contribution in [2.24, 2.45) is 0 Å². The Labute approximate surface area is 190 Å². The van der Waals surface area contributed by atoms with Crippen LogP contribution in [0.2, 0.25) is 0 Å². The molecule has 1 aliphatic rings. The fourth-order valence-corrected chi connectivity index (χ4v) is 7.69. The lowest BCUT2D eigenvalue weighted by Gasteiger charge is -2.31. The van der Waals surface area contributed by atoms with E-state index in [0.29, 0.717) is 0 Å². The Hall–Kier alpha value is -1.56. The molecule has 0 radical (unpaired) electrons. The summed E-state index contributed by atoms with van der Waals surface area (Å²) in [7, 11) is -21.7. The highest BCUT2D eigenvalue weighted by Gasteiger charge is 2.79. The normalized spacial score (nSPS) is 27.6. The largest absolute Gasteiger partial charge is 0.424 e. The summed E-state index contributed by atoms with van der Waals surface area (Å²) in [5.41, 5.74) is 5.64. The molecule has 6 atom stereocenters. The Morgan fingerprint density at radius 1 is 1.03 bits per heavy atom. The molecule has 1 saturated heterocycles. The van der Waals surface area contributed by atoms with Crippen molar-refractivity contribution in [2.75, 3.05) is 12.3 Å². The quantitative estimate of drug-likeness (QED) is 0.158. The molecule has 1 fully saturated rings. The van der Waals surface area contributed by atoms with Crippen molar-refractivity contribution in [3.05, 3.63) is 12.7 Å². The van der Waals surface area contributed by atoms with Crippen LogP contribution in [-0.2, 0) is 23.0 Å². The van der Waals surface area contributed by atoms with Gasteiger partial charge >= 0.3 is 33.4 Å². The molecule has 0 amide bonds. The van der Waals surface area contributed by atoms with Gasteiger partial charge in [0.1, 0.15) is 30.2 Å². The van der Waals surface area contributed by atoms with Crippen molar-refractivity contribution >= 4 is 39.5 Å². The van der Waals surface area contributed by atoms with Gasteiger partial charge < -0.3 is 44.8 Å². The number of halogens is 4. The molecule has 0 aliphatic carbocycles. The molecule has 23 heteroatoms. The lowest BCUT2D eigenvalue weighted by molar-refractivity contribution is -0.0507. The van der Waals surface area contributed by atoms with Crippen LogP contribution in [0, 0.1) is 0 Å². The van der Waals surface area contributed by atoms with E-state index >= 15 is 0 Å². The van der Waals surface area contributed by atoms with Crippen LogP contribution >= 0.6 is 22.6 Å². The first-order valence-electron chi connectivity index (χ1n) is 8.84. The van der Waals surface area contributed by atoms with Gasteiger partial charge in [-0.15, -0.1) is 0 Å². The second kappa shape index (κ2) is 8.78. The van der Waals surface area contributed by atoms with E-state index in [1.165, 1.54) is 0 Å². The number of aliphatic hydroxyl groups is 2. The van der Waals surface area contributed by atoms with Gasteiger partial charge in [0.25, 0.3) is 0 Å². The van der Waals surface area contributed by atoms with Crippen LogP contribution in [0.15, 0.2) is 12.7 Å². The molecule has 0 bridgehead atoms. The fraction of sp³-hybridized carbons (Fsp3) is 0.583. The van der Waals surface area contributed by atoms with Crippen molar-refractivity contribution in [1.29, 1.82) is 0 Å². The molecule has 2 aromatic heterocycles. The average molecular weight is 575 g/mol. The van der Waals surface area contributed by atoms with Crippen LogP contribution in [0.3, 0.4) is 0 Å². The maximum atomic E-state index is 14.2. The molecule has 8 N–H and O–H groups in total. The third-order valence-electron chi connectivity index (χ3n) is 4.83. The summed E-state index contributed by atoms with van der Waals surface area (Å²) in [6, 6.07) is 0. The summed E-state index contributed by atoms with van der Waals surface area (Å²) >= 11 is 0. The van der Waals surface area contributed by atoms with E-state index in [2.05, 4.69) is 19.5 Å². The number of aromatic nitrogens is 4. The number of ether oxygens (including phenoxy) is 1. The SMILES string of the molecule is Nc1ncnc2c1ncn2[C@@H]1O[C@H](COP(=O)(O)C(F)(F)P(=O)(O)C(F)(F)P(=O)(O)O)[C@@H](O)[C@H]1O. The topological polar surface area (TPSA) is 261 Å². The highest BCUT2D eigenvalue weighted by Crippen LogP contribution is 2.85. The number of nitrogen functional groups attached to an aromatic ring is 1. The van der Waals surface area contributed by atoms with Crippen LogP contribution < -0.4 is 5.73 Å². The van der Waals surface area contributed by atoms with Crippen LogP contribution in [0.5, 0.6) is 0 Å². The lowest BCUT2D eigenvalue weighted by Crippen LogP contribution is -2.35. The number of nitrogens with zero attached hydrogens (tertiary/aromatic N) is 4. The first kappa shape index (κ1) is 28.0. The Kier molecular flexibility index (Phi) is 7.03. The number of hydrogen-bond donors (Lipinski definition) is 7. The first-order valence-corrected chi connectivity index (χ1v) is 13.7. The molecule has 35 heavy (non-hydrogen) atoms.